The number of aliphatic carboxylic acids is 1. The van der Waals surface area contributed by atoms with E-state index in [1.165, 1.54) is 0 Å². The Bertz CT molecular complexity index is 1390. The summed E-state index contributed by atoms with van der Waals surface area (Å²) < 4.78 is 9.97. The summed E-state index contributed by atoms with van der Waals surface area (Å²) in [4.78, 5) is 31.5. The van der Waals surface area contributed by atoms with Crippen LogP contribution < -0.4 is 25.9 Å². The minimum Gasteiger partial charge on any atom is -0.545 e. The largest absolute Gasteiger partial charge is 0.545 e. The van der Waals surface area contributed by atoms with Gasteiger partial charge in [-0.1, -0.05) is 30.7 Å². The number of hydrogen-bond acceptors (Lipinski definition) is 11. The van der Waals surface area contributed by atoms with E-state index in [0.717, 1.165) is 23.0 Å². The number of anilines is 1. The molecule has 236 valence electrons. The van der Waals surface area contributed by atoms with Gasteiger partial charge in [0.25, 0.3) is 0 Å². The first-order chi connectivity index (χ1) is 20.8. The number of nitrogens with one attached hydrogen (secondary N) is 3. The normalized spacial score (nSPS) is 15.2. The summed E-state index contributed by atoms with van der Waals surface area (Å²) in [5, 5.41) is 40.6. The number of ether oxygens (including phenoxy) is 2. The number of benzene rings is 2. The zero-order valence-electron chi connectivity index (χ0n) is 25.1. The zero-order valence-corrected chi connectivity index (χ0v) is 25.8. The van der Waals surface area contributed by atoms with Crippen LogP contribution in [0.5, 0.6) is 5.75 Å². The van der Waals surface area contributed by atoms with Crippen LogP contribution in [0.15, 0.2) is 59.7 Å². The molecule has 2 aromatic rings. The molecule has 4 N–H and O–H groups in total. The van der Waals surface area contributed by atoms with E-state index in [4.69, 9.17) is 21.6 Å². The lowest BCUT2D eigenvalue weighted by Crippen LogP contribution is -2.49. The smallest absolute Gasteiger partial charge is 0.330 e. The highest BCUT2D eigenvalue weighted by molar-refractivity contribution is 6.30. The van der Waals surface area contributed by atoms with Gasteiger partial charge in [0, 0.05) is 53.8 Å². The molecule has 12 nitrogen and oxygen atoms in total. The van der Waals surface area contributed by atoms with Crippen LogP contribution in [0.3, 0.4) is 0 Å². The lowest BCUT2D eigenvalue weighted by molar-refractivity contribution is -0.297. The van der Waals surface area contributed by atoms with E-state index in [-0.39, 0.29) is 30.6 Å². The number of aliphatic hydroxyl groups is 1. The summed E-state index contributed by atoms with van der Waals surface area (Å²) in [6.07, 6.45) is 1.10. The summed E-state index contributed by atoms with van der Waals surface area (Å²) >= 11 is 5.96. The van der Waals surface area contributed by atoms with E-state index in [1.807, 2.05) is 51.1 Å². The lowest BCUT2D eigenvalue weighted by Gasteiger charge is -2.28. The molecule has 0 aromatic heterocycles. The van der Waals surface area contributed by atoms with Crippen molar-refractivity contribution in [3.8, 4) is 11.8 Å². The second-order valence-corrected chi connectivity index (χ2v) is 10.9. The minimum absolute atomic E-state index is 0.0375. The zero-order chi connectivity index (χ0) is 32.7. The second-order valence-electron chi connectivity index (χ2n) is 10.5. The third-order valence-electron chi connectivity index (χ3n) is 6.13. The molecule has 1 heterocycles. The van der Waals surface area contributed by atoms with Crippen molar-refractivity contribution in [3.05, 3.63) is 70.8 Å². The highest BCUT2D eigenvalue weighted by Crippen LogP contribution is 2.23. The maximum absolute atomic E-state index is 11.4. The number of nitrogens with zero attached hydrogens (tertiary/aromatic N) is 2. The van der Waals surface area contributed by atoms with Gasteiger partial charge in [0.2, 0.25) is 5.91 Å². The van der Waals surface area contributed by atoms with Gasteiger partial charge in [0.05, 0.1) is 23.9 Å². The molecule has 0 aliphatic carbocycles. The van der Waals surface area contributed by atoms with Gasteiger partial charge < -0.3 is 35.1 Å². The number of esters is 1. The molecule has 2 aromatic carbocycles. The van der Waals surface area contributed by atoms with Crippen molar-refractivity contribution in [2.24, 2.45) is 11.0 Å². The Morgan fingerprint density at radius 2 is 1.98 bits per heavy atom. The van der Waals surface area contributed by atoms with Gasteiger partial charge in [-0.2, -0.15) is 10.4 Å². The van der Waals surface area contributed by atoms with Crippen LogP contribution in [0.25, 0.3) is 0 Å². The van der Waals surface area contributed by atoms with Crippen LogP contribution in [0.1, 0.15) is 45.2 Å². The van der Waals surface area contributed by atoms with E-state index in [9.17, 15) is 24.6 Å². The molecule has 13 heteroatoms. The molecule has 2 atom stereocenters. The van der Waals surface area contributed by atoms with Crippen molar-refractivity contribution < 1.29 is 34.1 Å². The summed E-state index contributed by atoms with van der Waals surface area (Å²) in [5.74, 6) is -1.71. The average Bonchev–Trinajstić information content (AvgIpc) is 2.98. The maximum Gasteiger partial charge on any atom is 0.330 e. The Labute approximate surface area is 261 Å². The number of rotatable bonds is 13. The fraction of sp³-hybridized carbons (Fsp3) is 0.387. The van der Waals surface area contributed by atoms with Crippen molar-refractivity contribution in [2.45, 2.75) is 45.8 Å². The fourth-order valence-corrected chi connectivity index (χ4v) is 3.98. The first-order valence-electron chi connectivity index (χ1n) is 13.9. The van der Waals surface area contributed by atoms with Crippen LogP contribution in [-0.2, 0) is 19.1 Å². The number of carboxylic acids is 1. The molecule has 1 amide bonds. The van der Waals surface area contributed by atoms with Crippen LogP contribution in [-0.4, -0.2) is 66.6 Å². The van der Waals surface area contributed by atoms with Crippen LogP contribution in [0, 0.1) is 17.2 Å². The van der Waals surface area contributed by atoms with Crippen LogP contribution in [0.2, 0.25) is 5.02 Å². The van der Waals surface area contributed by atoms with E-state index >= 15 is 0 Å². The van der Waals surface area contributed by atoms with Crippen molar-refractivity contribution in [2.75, 3.05) is 31.6 Å². The average molecular weight is 627 g/mol. The SMILES string of the molecule is CC1CC(=O)NN=C1c1ccc(NCC(C)(C)NCC(O)COc2cc(Cl)ccc2C#N)cc1.CCOC(=O)/C=C\C(=O)[O-]. The van der Waals surface area contributed by atoms with Gasteiger partial charge >= 0.3 is 5.97 Å². The lowest BCUT2D eigenvalue weighted by atomic mass is 9.94. The van der Waals surface area contributed by atoms with Gasteiger partial charge in [-0.15, -0.1) is 0 Å². The molecule has 3 rings (SSSR count). The number of carboxylic acid groups (broad SMARTS) is 1. The van der Waals surface area contributed by atoms with Gasteiger partial charge in [0.15, 0.2) is 0 Å². The quantitative estimate of drug-likeness (QED) is 0.190. The van der Waals surface area contributed by atoms with Crippen molar-refractivity contribution >= 4 is 40.8 Å². The molecular formula is C31H37ClN5O7-. The Kier molecular flexibility index (Phi) is 14.3. The minimum atomic E-state index is -1.41. The number of nitriles is 1. The second kappa shape index (κ2) is 17.6. The number of carbonyl (C=O) groups excluding carboxylic acids is 3. The number of hydrazone groups is 1. The monoisotopic (exact) mass is 626 g/mol. The standard InChI is InChI=1S/C25H30ClN5O3.C6H8O4/c1-16-10-23(33)30-31-24(16)17-5-8-20(9-6-17)28-15-25(2,3)29-13-21(32)14-34-22-11-19(26)7-4-18(22)12-27;1-2-10-6(9)4-3-5(7)8/h4-9,11,16,21,28-29,32H,10,13-15H2,1-3H3,(H,30,33);3-4H,2H2,1H3,(H,7,8)/p-1/b;4-3-. The predicted octanol–water partition coefficient (Wildman–Crippen LogP) is 2.15. The molecular weight excluding hydrogens is 590 g/mol. The molecule has 1 aliphatic rings. The number of carbonyl (C=O) groups is 3. The number of aliphatic hydroxyl groups excluding tert-OH is 1. The number of halogens is 1. The molecule has 0 spiro atoms. The van der Waals surface area contributed by atoms with E-state index in [2.05, 4.69) is 25.9 Å². The first kappa shape index (κ1) is 35.8. The highest BCUT2D eigenvalue weighted by Gasteiger charge is 2.22. The number of hydrogen-bond donors (Lipinski definition) is 4. The molecule has 0 saturated heterocycles. The van der Waals surface area contributed by atoms with E-state index < -0.39 is 18.0 Å². The van der Waals surface area contributed by atoms with Gasteiger partial charge in [-0.3, -0.25) is 4.79 Å². The molecule has 0 fully saturated rings. The van der Waals surface area contributed by atoms with Crippen LogP contribution in [0.4, 0.5) is 5.69 Å². The van der Waals surface area contributed by atoms with E-state index in [0.29, 0.717) is 41.9 Å². The third-order valence-corrected chi connectivity index (χ3v) is 6.36. The van der Waals surface area contributed by atoms with Gasteiger partial charge in [-0.25, -0.2) is 10.2 Å². The fourth-order valence-electron chi connectivity index (χ4n) is 3.82. The third kappa shape index (κ3) is 12.8. The summed E-state index contributed by atoms with van der Waals surface area (Å²) in [5.41, 5.74) is 5.43. The van der Waals surface area contributed by atoms with E-state index in [1.54, 1.807) is 25.1 Å². The Hall–Kier alpha value is -4.44. The number of amides is 1. The van der Waals surface area contributed by atoms with Crippen molar-refractivity contribution in [1.29, 1.82) is 5.26 Å². The molecule has 0 bridgehead atoms. The molecule has 2 unspecified atom stereocenters. The Morgan fingerprint density at radius 1 is 1.27 bits per heavy atom. The summed E-state index contributed by atoms with van der Waals surface area (Å²) in [7, 11) is 0. The topological polar surface area (TPSA) is 185 Å². The number of β-amino-alcohol motifs (C(OH)–C–C–N with tert-alkyl or cyclic N) is 1. The Balaban J connectivity index is 0.000000580. The molecule has 0 radical (unpaired) electrons. The summed E-state index contributed by atoms with van der Waals surface area (Å²) in [6.45, 7) is 8.91. The Morgan fingerprint density at radius 3 is 2.59 bits per heavy atom. The molecule has 1 aliphatic heterocycles. The summed E-state index contributed by atoms with van der Waals surface area (Å²) in [6, 6.07) is 14.8. The molecule has 44 heavy (non-hydrogen) atoms. The van der Waals surface area contributed by atoms with Crippen molar-refractivity contribution in [1.82, 2.24) is 10.7 Å². The van der Waals surface area contributed by atoms with Crippen LogP contribution >= 0.6 is 11.6 Å². The van der Waals surface area contributed by atoms with Gasteiger partial charge in [-0.05, 0) is 56.7 Å². The van der Waals surface area contributed by atoms with Crippen molar-refractivity contribution in [3.63, 3.8) is 0 Å². The first-order valence-corrected chi connectivity index (χ1v) is 14.2. The maximum atomic E-state index is 11.4. The van der Waals surface area contributed by atoms with Gasteiger partial charge in [0.1, 0.15) is 24.5 Å². The molecule has 0 saturated carbocycles. The highest BCUT2D eigenvalue weighted by atomic mass is 35.5. The predicted molar refractivity (Wildman–Crippen MR) is 164 cm³/mol.